The number of hydrogen-bond donors (Lipinski definition) is 2. The lowest BCUT2D eigenvalue weighted by Gasteiger charge is -2.12. The molecule has 2 rings (SSSR count). The highest BCUT2D eigenvalue weighted by molar-refractivity contribution is 6.08. The molecule has 19 heavy (non-hydrogen) atoms. The van der Waals surface area contributed by atoms with Crippen LogP contribution >= 0.6 is 0 Å². The van der Waals surface area contributed by atoms with Gasteiger partial charge < -0.3 is 15.0 Å². The zero-order chi connectivity index (χ0) is 13.8. The summed E-state index contributed by atoms with van der Waals surface area (Å²) in [5.74, 6) is -1.64. The molecule has 1 heterocycles. The topological polar surface area (TPSA) is 71.2 Å². The van der Waals surface area contributed by atoms with Gasteiger partial charge in [0.05, 0.1) is 12.8 Å². The molecule has 1 atom stereocenters. The van der Waals surface area contributed by atoms with E-state index in [0.29, 0.717) is 12.1 Å². The first-order chi connectivity index (χ1) is 9.17. The maximum atomic E-state index is 12.1. The van der Waals surface area contributed by atoms with E-state index in [0.717, 1.165) is 10.9 Å². The van der Waals surface area contributed by atoms with Crippen LogP contribution < -0.4 is 5.32 Å². The van der Waals surface area contributed by atoms with Crippen LogP contribution in [0.3, 0.4) is 0 Å². The summed E-state index contributed by atoms with van der Waals surface area (Å²) in [4.78, 5) is 26.6. The molecule has 0 saturated carbocycles. The smallest absolute Gasteiger partial charge is 0.318 e. The lowest BCUT2D eigenvalue weighted by Crippen LogP contribution is -2.30. The first-order valence-corrected chi connectivity index (χ1v) is 6.12. The van der Waals surface area contributed by atoms with Gasteiger partial charge in [0.1, 0.15) is 5.92 Å². The first-order valence-electron chi connectivity index (χ1n) is 6.12. The fourth-order valence-electron chi connectivity index (χ4n) is 2.00. The second kappa shape index (κ2) is 5.56. The molecule has 0 bridgehead atoms. The number of para-hydroxylation sites is 1. The van der Waals surface area contributed by atoms with Crippen molar-refractivity contribution in [1.29, 1.82) is 0 Å². The number of aromatic amines is 1. The number of H-pyrrole nitrogens is 1. The molecule has 0 aliphatic heterocycles. The average Bonchev–Trinajstić information content (AvgIpc) is 2.83. The van der Waals surface area contributed by atoms with E-state index in [4.69, 9.17) is 0 Å². The number of fused-ring (bicyclic) bond motifs is 1. The van der Waals surface area contributed by atoms with E-state index in [9.17, 15) is 9.59 Å². The Morgan fingerprint density at radius 1 is 1.37 bits per heavy atom. The zero-order valence-electron chi connectivity index (χ0n) is 10.9. The fourth-order valence-corrected chi connectivity index (χ4v) is 2.00. The molecular formula is C14H16N2O3. The molecule has 2 N–H and O–H groups in total. The standard InChI is InChI=1S/C14H16N2O3/c1-3-9(14(18)19-2)13(17)16-12-8-15-11-7-5-4-6-10(11)12/h4-9,15H,3H2,1-2H3,(H,16,17). The lowest BCUT2D eigenvalue weighted by atomic mass is 10.1. The number of methoxy groups -OCH3 is 1. The number of aromatic nitrogens is 1. The normalized spacial score (nSPS) is 12.1. The number of ether oxygens (including phenoxy) is 1. The summed E-state index contributed by atoms with van der Waals surface area (Å²) >= 11 is 0. The Balaban J connectivity index is 2.20. The molecule has 0 aliphatic carbocycles. The molecule has 1 unspecified atom stereocenters. The summed E-state index contributed by atoms with van der Waals surface area (Å²) < 4.78 is 4.62. The Morgan fingerprint density at radius 2 is 2.11 bits per heavy atom. The summed E-state index contributed by atoms with van der Waals surface area (Å²) in [5, 5.41) is 3.67. The number of carbonyl (C=O) groups is 2. The molecule has 100 valence electrons. The summed E-state index contributed by atoms with van der Waals surface area (Å²) in [7, 11) is 1.28. The molecule has 2 aromatic rings. The Labute approximate surface area is 110 Å². The van der Waals surface area contributed by atoms with Crippen LogP contribution in [0.5, 0.6) is 0 Å². The van der Waals surface area contributed by atoms with Gasteiger partial charge in [0.25, 0.3) is 0 Å². The highest BCUT2D eigenvalue weighted by Gasteiger charge is 2.26. The minimum atomic E-state index is -0.779. The second-order valence-electron chi connectivity index (χ2n) is 4.22. The largest absolute Gasteiger partial charge is 0.468 e. The van der Waals surface area contributed by atoms with Crippen LogP contribution in [0, 0.1) is 5.92 Å². The number of hydrogen-bond acceptors (Lipinski definition) is 3. The predicted molar refractivity (Wildman–Crippen MR) is 72.7 cm³/mol. The molecule has 0 radical (unpaired) electrons. The van der Waals surface area contributed by atoms with Gasteiger partial charge in [-0.25, -0.2) is 0 Å². The Morgan fingerprint density at radius 3 is 2.79 bits per heavy atom. The molecule has 0 spiro atoms. The van der Waals surface area contributed by atoms with Gasteiger partial charge in [0, 0.05) is 17.1 Å². The van der Waals surface area contributed by atoms with Crippen LogP contribution in [-0.4, -0.2) is 24.0 Å². The van der Waals surface area contributed by atoms with Gasteiger partial charge in [0.2, 0.25) is 5.91 Å². The third-order valence-electron chi connectivity index (χ3n) is 3.06. The number of esters is 1. The molecule has 0 aliphatic rings. The minimum Gasteiger partial charge on any atom is -0.468 e. The zero-order valence-corrected chi connectivity index (χ0v) is 10.9. The van der Waals surface area contributed by atoms with E-state index in [1.165, 1.54) is 7.11 Å². The number of nitrogens with one attached hydrogen (secondary N) is 2. The number of amides is 1. The average molecular weight is 260 g/mol. The van der Waals surface area contributed by atoms with Gasteiger partial charge in [-0.15, -0.1) is 0 Å². The second-order valence-corrected chi connectivity index (χ2v) is 4.22. The maximum Gasteiger partial charge on any atom is 0.318 e. The monoisotopic (exact) mass is 260 g/mol. The highest BCUT2D eigenvalue weighted by Crippen LogP contribution is 2.23. The summed E-state index contributed by atoms with van der Waals surface area (Å²) in [6.45, 7) is 1.77. The summed E-state index contributed by atoms with van der Waals surface area (Å²) in [6.07, 6.45) is 2.12. The molecule has 0 fully saturated rings. The van der Waals surface area contributed by atoms with Crippen molar-refractivity contribution in [3.63, 3.8) is 0 Å². The molecule has 5 heteroatoms. The van der Waals surface area contributed by atoms with Gasteiger partial charge in [-0.3, -0.25) is 9.59 Å². The van der Waals surface area contributed by atoms with E-state index in [-0.39, 0.29) is 5.91 Å². The quantitative estimate of drug-likeness (QED) is 0.654. The molecular weight excluding hydrogens is 244 g/mol. The number of benzene rings is 1. The summed E-state index contributed by atoms with van der Waals surface area (Å²) in [6, 6.07) is 7.63. The highest BCUT2D eigenvalue weighted by atomic mass is 16.5. The number of carbonyl (C=O) groups excluding carboxylic acids is 2. The van der Waals surface area contributed by atoms with E-state index in [1.807, 2.05) is 24.3 Å². The van der Waals surface area contributed by atoms with Crippen molar-refractivity contribution in [3.05, 3.63) is 30.5 Å². The van der Waals surface area contributed by atoms with Gasteiger partial charge in [0.15, 0.2) is 0 Å². The van der Waals surface area contributed by atoms with Crippen molar-refractivity contribution in [2.75, 3.05) is 12.4 Å². The molecule has 1 amide bonds. The molecule has 0 saturated heterocycles. The van der Waals surface area contributed by atoms with Crippen molar-refractivity contribution in [2.24, 2.45) is 5.92 Å². The summed E-state index contributed by atoms with van der Waals surface area (Å²) in [5.41, 5.74) is 1.60. The van der Waals surface area contributed by atoms with E-state index in [2.05, 4.69) is 15.0 Å². The SMILES string of the molecule is CCC(C(=O)Nc1c[nH]c2ccccc12)C(=O)OC. The third-order valence-corrected chi connectivity index (χ3v) is 3.06. The van der Waals surface area contributed by atoms with Crippen LogP contribution in [-0.2, 0) is 14.3 Å². The van der Waals surface area contributed by atoms with Crippen LogP contribution in [0.4, 0.5) is 5.69 Å². The van der Waals surface area contributed by atoms with Gasteiger partial charge in [-0.2, -0.15) is 0 Å². The van der Waals surface area contributed by atoms with Gasteiger partial charge in [-0.05, 0) is 12.5 Å². The van der Waals surface area contributed by atoms with Crippen LogP contribution in [0.15, 0.2) is 30.5 Å². The van der Waals surface area contributed by atoms with Crippen molar-refractivity contribution < 1.29 is 14.3 Å². The molecule has 1 aromatic heterocycles. The lowest BCUT2D eigenvalue weighted by molar-refractivity contribution is -0.148. The number of rotatable bonds is 4. The van der Waals surface area contributed by atoms with Crippen LogP contribution in [0.25, 0.3) is 10.9 Å². The minimum absolute atomic E-state index is 0.348. The van der Waals surface area contributed by atoms with Crippen molar-refractivity contribution in [1.82, 2.24) is 4.98 Å². The Kier molecular flexibility index (Phi) is 3.85. The van der Waals surface area contributed by atoms with Crippen molar-refractivity contribution in [2.45, 2.75) is 13.3 Å². The predicted octanol–water partition coefficient (Wildman–Crippen LogP) is 2.31. The van der Waals surface area contributed by atoms with Crippen molar-refractivity contribution in [3.8, 4) is 0 Å². The Hall–Kier alpha value is -2.30. The van der Waals surface area contributed by atoms with Crippen LogP contribution in [0.2, 0.25) is 0 Å². The van der Waals surface area contributed by atoms with Gasteiger partial charge >= 0.3 is 5.97 Å². The van der Waals surface area contributed by atoms with Crippen molar-refractivity contribution >= 4 is 28.5 Å². The molecule has 5 nitrogen and oxygen atoms in total. The third kappa shape index (κ3) is 2.59. The van der Waals surface area contributed by atoms with E-state index >= 15 is 0 Å². The van der Waals surface area contributed by atoms with E-state index in [1.54, 1.807) is 13.1 Å². The first kappa shape index (κ1) is 13.1. The fraction of sp³-hybridized carbons (Fsp3) is 0.286. The maximum absolute atomic E-state index is 12.1. The van der Waals surface area contributed by atoms with E-state index < -0.39 is 11.9 Å². The van der Waals surface area contributed by atoms with Crippen LogP contribution in [0.1, 0.15) is 13.3 Å². The van der Waals surface area contributed by atoms with Gasteiger partial charge in [-0.1, -0.05) is 25.1 Å². The Bertz CT molecular complexity index is 604. The molecule has 1 aromatic carbocycles. The number of anilines is 1.